The lowest BCUT2D eigenvalue weighted by Crippen LogP contribution is -2.16. The highest BCUT2D eigenvalue weighted by molar-refractivity contribution is 7.99. The number of para-hydroxylation sites is 1. The summed E-state index contributed by atoms with van der Waals surface area (Å²) in [6.07, 6.45) is 2.93. The van der Waals surface area contributed by atoms with Crippen LogP contribution in [-0.2, 0) is 13.0 Å². The van der Waals surface area contributed by atoms with Gasteiger partial charge in [-0.2, -0.15) is 0 Å². The first-order valence-corrected chi connectivity index (χ1v) is 7.96. The van der Waals surface area contributed by atoms with Gasteiger partial charge in [0.05, 0.1) is 5.25 Å². The third kappa shape index (κ3) is 1.85. The number of nitrogens with one attached hydrogen (secondary N) is 1. The zero-order chi connectivity index (χ0) is 13.5. The topological polar surface area (TPSA) is 46.5 Å². The third-order valence-corrected chi connectivity index (χ3v) is 5.05. The predicted molar refractivity (Wildman–Crippen MR) is 82.0 cm³/mol. The van der Waals surface area contributed by atoms with E-state index >= 15 is 0 Å². The molecule has 1 aliphatic heterocycles. The molecule has 1 unspecified atom stereocenters. The number of aromatic amines is 1. The Labute approximate surface area is 121 Å². The summed E-state index contributed by atoms with van der Waals surface area (Å²) in [6.45, 7) is 3.23. The molecule has 0 amide bonds. The molecule has 4 nitrogen and oxygen atoms in total. The second kappa shape index (κ2) is 4.66. The van der Waals surface area contributed by atoms with Crippen LogP contribution >= 0.6 is 11.8 Å². The number of aromatic nitrogens is 4. The Morgan fingerprint density at radius 3 is 3.20 bits per heavy atom. The van der Waals surface area contributed by atoms with E-state index in [9.17, 15) is 0 Å². The van der Waals surface area contributed by atoms with Gasteiger partial charge in [-0.3, -0.25) is 0 Å². The molecule has 0 bridgehead atoms. The molecule has 0 aliphatic carbocycles. The van der Waals surface area contributed by atoms with Gasteiger partial charge in [-0.1, -0.05) is 18.2 Å². The fourth-order valence-electron chi connectivity index (χ4n) is 2.87. The number of nitrogens with zero attached hydrogens (tertiary/aromatic N) is 3. The van der Waals surface area contributed by atoms with E-state index in [2.05, 4.69) is 57.1 Å². The third-order valence-electron chi connectivity index (χ3n) is 3.93. The zero-order valence-corrected chi connectivity index (χ0v) is 12.2. The number of benzene rings is 1. The van der Waals surface area contributed by atoms with E-state index in [0.717, 1.165) is 30.4 Å². The highest BCUT2D eigenvalue weighted by Gasteiger charge is 2.22. The maximum Gasteiger partial charge on any atom is 0.145 e. The van der Waals surface area contributed by atoms with Crippen LogP contribution < -0.4 is 0 Å². The molecule has 2 aromatic heterocycles. The smallest absolute Gasteiger partial charge is 0.145 e. The van der Waals surface area contributed by atoms with Crippen LogP contribution in [-0.4, -0.2) is 25.5 Å². The predicted octanol–water partition coefficient (Wildman–Crippen LogP) is 3.16. The Morgan fingerprint density at radius 2 is 2.25 bits per heavy atom. The maximum atomic E-state index is 4.42. The van der Waals surface area contributed by atoms with Gasteiger partial charge in [0.15, 0.2) is 0 Å². The van der Waals surface area contributed by atoms with E-state index in [1.807, 2.05) is 11.8 Å². The summed E-state index contributed by atoms with van der Waals surface area (Å²) in [6, 6.07) is 8.40. The van der Waals surface area contributed by atoms with E-state index in [4.69, 9.17) is 0 Å². The molecule has 1 atom stereocenters. The van der Waals surface area contributed by atoms with Crippen LogP contribution in [0.5, 0.6) is 0 Å². The van der Waals surface area contributed by atoms with Crippen molar-refractivity contribution >= 4 is 22.7 Å². The standard InChI is InChI=1S/C15H16N4S/c1-10-15-18-17-14(19(15)6-7-20-10)8-11-9-16-13-5-3-2-4-12(11)13/h2-5,9-10,16H,6-8H2,1H3. The number of hydrogen-bond donors (Lipinski definition) is 1. The molecular weight excluding hydrogens is 268 g/mol. The van der Waals surface area contributed by atoms with Gasteiger partial charge in [-0.25, -0.2) is 0 Å². The van der Waals surface area contributed by atoms with Crippen molar-refractivity contribution in [1.82, 2.24) is 19.7 Å². The number of thioether (sulfide) groups is 1. The molecule has 1 N–H and O–H groups in total. The van der Waals surface area contributed by atoms with Gasteiger partial charge >= 0.3 is 0 Å². The molecule has 1 aliphatic rings. The quantitative estimate of drug-likeness (QED) is 0.786. The van der Waals surface area contributed by atoms with Crippen molar-refractivity contribution < 1.29 is 0 Å². The molecule has 102 valence electrons. The van der Waals surface area contributed by atoms with Crippen molar-refractivity contribution in [2.75, 3.05) is 5.75 Å². The number of rotatable bonds is 2. The summed E-state index contributed by atoms with van der Waals surface area (Å²) in [7, 11) is 0. The van der Waals surface area contributed by atoms with Crippen LogP contribution in [0, 0.1) is 0 Å². The molecule has 0 spiro atoms. The molecular formula is C15H16N4S. The number of fused-ring (bicyclic) bond motifs is 2. The maximum absolute atomic E-state index is 4.42. The van der Waals surface area contributed by atoms with E-state index < -0.39 is 0 Å². The van der Waals surface area contributed by atoms with Gasteiger partial charge in [0.25, 0.3) is 0 Å². The minimum Gasteiger partial charge on any atom is -0.361 e. The molecule has 20 heavy (non-hydrogen) atoms. The summed E-state index contributed by atoms with van der Waals surface area (Å²) in [5, 5.41) is 10.5. The zero-order valence-electron chi connectivity index (χ0n) is 11.3. The average molecular weight is 284 g/mol. The largest absolute Gasteiger partial charge is 0.361 e. The molecule has 3 heterocycles. The lowest BCUT2D eigenvalue weighted by atomic mass is 10.1. The summed E-state index contributed by atoms with van der Waals surface area (Å²) in [5.41, 5.74) is 2.48. The van der Waals surface area contributed by atoms with Crippen LogP contribution in [0.3, 0.4) is 0 Å². The van der Waals surface area contributed by atoms with E-state index in [1.165, 1.54) is 16.5 Å². The summed E-state index contributed by atoms with van der Waals surface area (Å²) < 4.78 is 2.29. The van der Waals surface area contributed by atoms with Crippen LogP contribution in [0.25, 0.3) is 10.9 Å². The first-order valence-electron chi connectivity index (χ1n) is 6.91. The Bertz CT molecular complexity index is 758. The van der Waals surface area contributed by atoms with E-state index in [0.29, 0.717) is 5.25 Å². The number of H-pyrrole nitrogens is 1. The normalized spacial score (nSPS) is 18.4. The van der Waals surface area contributed by atoms with Crippen LogP contribution in [0.4, 0.5) is 0 Å². The molecule has 0 radical (unpaired) electrons. The number of hydrogen-bond acceptors (Lipinski definition) is 3. The van der Waals surface area contributed by atoms with E-state index in [-0.39, 0.29) is 0 Å². The van der Waals surface area contributed by atoms with Gasteiger partial charge in [0, 0.05) is 35.8 Å². The van der Waals surface area contributed by atoms with Gasteiger partial charge in [-0.05, 0) is 18.6 Å². The summed E-state index contributed by atoms with van der Waals surface area (Å²) in [4.78, 5) is 3.33. The lowest BCUT2D eigenvalue weighted by molar-refractivity contribution is 0.658. The Hall–Kier alpha value is -1.75. The van der Waals surface area contributed by atoms with Crippen LogP contribution in [0.15, 0.2) is 30.5 Å². The first kappa shape index (κ1) is 12.0. The van der Waals surface area contributed by atoms with Crippen molar-refractivity contribution in [3.05, 3.63) is 47.7 Å². The highest BCUT2D eigenvalue weighted by Crippen LogP contribution is 2.32. The molecule has 4 rings (SSSR count). The van der Waals surface area contributed by atoms with Crippen molar-refractivity contribution in [2.45, 2.75) is 25.1 Å². The molecule has 0 saturated heterocycles. The fraction of sp³-hybridized carbons (Fsp3) is 0.333. The van der Waals surface area contributed by atoms with Crippen molar-refractivity contribution in [3.63, 3.8) is 0 Å². The summed E-state index contributed by atoms with van der Waals surface area (Å²) in [5.74, 6) is 3.35. The van der Waals surface area contributed by atoms with Gasteiger partial charge in [0.1, 0.15) is 11.6 Å². The average Bonchev–Trinajstić information content (AvgIpc) is 3.06. The molecule has 3 aromatic rings. The minimum absolute atomic E-state index is 0.452. The lowest BCUT2D eigenvalue weighted by Gasteiger charge is -2.19. The van der Waals surface area contributed by atoms with Crippen molar-refractivity contribution in [1.29, 1.82) is 0 Å². The molecule has 0 saturated carbocycles. The van der Waals surface area contributed by atoms with Crippen molar-refractivity contribution in [3.8, 4) is 0 Å². The van der Waals surface area contributed by atoms with Crippen molar-refractivity contribution in [2.24, 2.45) is 0 Å². The monoisotopic (exact) mass is 284 g/mol. The Balaban J connectivity index is 1.73. The van der Waals surface area contributed by atoms with E-state index in [1.54, 1.807) is 0 Å². The highest BCUT2D eigenvalue weighted by atomic mass is 32.2. The second-order valence-electron chi connectivity index (χ2n) is 5.18. The Morgan fingerprint density at radius 1 is 1.35 bits per heavy atom. The molecule has 5 heteroatoms. The minimum atomic E-state index is 0.452. The summed E-state index contributed by atoms with van der Waals surface area (Å²) >= 11 is 1.96. The molecule has 0 fully saturated rings. The van der Waals surface area contributed by atoms with Gasteiger partial charge < -0.3 is 9.55 Å². The van der Waals surface area contributed by atoms with Gasteiger partial charge in [0.2, 0.25) is 0 Å². The molecule has 1 aromatic carbocycles. The fourth-order valence-corrected chi connectivity index (χ4v) is 3.83. The van der Waals surface area contributed by atoms with Gasteiger partial charge in [-0.15, -0.1) is 22.0 Å². The Kier molecular flexibility index (Phi) is 2.80. The van der Waals surface area contributed by atoms with Crippen LogP contribution in [0.2, 0.25) is 0 Å². The SMILES string of the molecule is CC1SCCn2c(Cc3c[nH]c4ccccc34)nnc21. The second-order valence-corrected chi connectivity index (χ2v) is 6.62. The van der Waals surface area contributed by atoms with Crippen LogP contribution in [0.1, 0.15) is 29.4 Å². The first-order chi connectivity index (χ1) is 9.83.